The first kappa shape index (κ1) is 26.8. The Morgan fingerprint density at radius 1 is 1.05 bits per heavy atom. The van der Waals surface area contributed by atoms with E-state index >= 15 is 0 Å². The van der Waals surface area contributed by atoms with E-state index in [1.54, 1.807) is 0 Å². The molecule has 5 rings (SSSR count). The number of piperidine rings is 2. The Morgan fingerprint density at radius 3 is 2.39 bits per heavy atom. The summed E-state index contributed by atoms with van der Waals surface area (Å²) in [5, 5.41) is 6.81. The Balaban J connectivity index is 1.30. The first-order chi connectivity index (χ1) is 18.4. The van der Waals surface area contributed by atoms with E-state index in [1.807, 2.05) is 0 Å². The molecule has 206 valence electrons. The first-order valence-corrected chi connectivity index (χ1v) is 14.4. The SMILES string of the molecule is CCc1nc(C(N)=O)c(Nc2ccc(N3CCC(N4CCN(C)CC4)CC3)c(C)c2)nc1C1CCNCC1. The van der Waals surface area contributed by atoms with E-state index in [0.29, 0.717) is 17.8 Å². The number of carbonyl (C=O) groups is 1. The van der Waals surface area contributed by atoms with Crippen molar-refractivity contribution in [3.8, 4) is 0 Å². The fraction of sp³-hybridized carbons (Fsp3) is 0.621. The summed E-state index contributed by atoms with van der Waals surface area (Å²) in [5.41, 5.74) is 11.2. The molecule has 3 aliphatic rings. The maximum Gasteiger partial charge on any atom is 0.271 e. The molecule has 2 aromatic rings. The summed E-state index contributed by atoms with van der Waals surface area (Å²) in [7, 11) is 2.22. The van der Waals surface area contributed by atoms with E-state index in [1.165, 1.54) is 50.3 Å². The van der Waals surface area contributed by atoms with E-state index < -0.39 is 5.91 Å². The van der Waals surface area contributed by atoms with Crippen LogP contribution in [0.3, 0.4) is 0 Å². The predicted molar refractivity (Wildman–Crippen MR) is 154 cm³/mol. The lowest BCUT2D eigenvalue weighted by molar-refractivity contribution is 0.0982. The summed E-state index contributed by atoms with van der Waals surface area (Å²) in [6, 6.07) is 7.12. The molecule has 0 spiro atoms. The van der Waals surface area contributed by atoms with E-state index in [0.717, 1.165) is 62.5 Å². The van der Waals surface area contributed by atoms with Crippen molar-refractivity contribution < 1.29 is 4.79 Å². The number of aryl methyl sites for hydroxylation is 2. The van der Waals surface area contributed by atoms with Gasteiger partial charge in [0.2, 0.25) is 0 Å². The molecule has 3 fully saturated rings. The van der Waals surface area contributed by atoms with Crippen LogP contribution in [0.25, 0.3) is 0 Å². The third kappa shape index (κ3) is 5.95. The highest BCUT2D eigenvalue weighted by atomic mass is 16.1. The van der Waals surface area contributed by atoms with Gasteiger partial charge >= 0.3 is 0 Å². The summed E-state index contributed by atoms with van der Waals surface area (Å²) >= 11 is 0. The van der Waals surface area contributed by atoms with Gasteiger partial charge in [0.15, 0.2) is 11.5 Å². The third-order valence-corrected chi connectivity index (χ3v) is 8.61. The van der Waals surface area contributed by atoms with Crippen LogP contribution in [0.5, 0.6) is 0 Å². The van der Waals surface area contributed by atoms with Crippen molar-refractivity contribution in [1.29, 1.82) is 0 Å². The molecule has 0 unspecified atom stereocenters. The van der Waals surface area contributed by atoms with E-state index in [9.17, 15) is 4.79 Å². The Morgan fingerprint density at radius 2 is 1.76 bits per heavy atom. The molecule has 3 saturated heterocycles. The van der Waals surface area contributed by atoms with E-state index in [-0.39, 0.29) is 5.69 Å². The number of piperazine rings is 1. The normalized spacial score (nSPS) is 20.6. The van der Waals surface area contributed by atoms with Crippen molar-refractivity contribution >= 4 is 23.1 Å². The lowest BCUT2D eigenvalue weighted by Gasteiger charge is -2.43. The maximum absolute atomic E-state index is 12.3. The third-order valence-electron chi connectivity index (χ3n) is 8.61. The quantitative estimate of drug-likeness (QED) is 0.512. The Bertz CT molecular complexity index is 1120. The Kier molecular flexibility index (Phi) is 8.45. The molecule has 38 heavy (non-hydrogen) atoms. The Labute approximate surface area is 227 Å². The molecule has 4 N–H and O–H groups in total. The fourth-order valence-electron chi connectivity index (χ4n) is 6.31. The van der Waals surface area contributed by atoms with Crippen LogP contribution in [0, 0.1) is 6.92 Å². The van der Waals surface area contributed by atoms with Crippen molar-refractivity contribution in [3.63, 3.8) is 0 Å². The van der Waals surface area contributed by atoms with Gasteiger partial charge in [-0.25, -0.2) is 9.97 Å². The molecule has 3 aliphatic heterocycles. The van der Waals surface area contributed by atoms with Crippen molar-refractivity contribution in [1.82, 2.24) is 25.1 Å². The number of amides is 1. The smallest absolute Gasteiger partial charge is 0.271 e. The Hall–Kier alpha value is -2.75. The van der Waals surface area contributed by atoms with E-state index in [4.69, 9.17) is 15.7 Å². The largest absolute Gasteiger partial charge is 0.371 e. The molecular weight excluding hydrogens is 476 g/mol. The lowest BCUT2D eigenvalue weighted by atomic mass is 9.92. The number of nitrogens with zero attached hydrogens (tertiary/aromatic N) is 5. The second-order valence-electron chi connectivity index (χ2n) is 11.2. The topological polar surface area (TPSA) is 103 Å². The van der Waals surface area contributed by atoms with Gasteiger partial charge in [0.05, 0.1) is 11.4 Å². The number of hydrogen-bond donors (Lipinski definition) is 3. The van der Waals surface area contributed by atoms with Crippen LogP contribution in [0.15, 0.2) is 18.2 Å². The van der Waals surface area contributed by atoms with Crippen LogP contribution >= 0.6 is 0 Å². The zero-order valence-electron chi connectivity index (χ0n) is 23.3. The summed E-state index contributed by atoms with van der Waals surface area (Å²) < 4.78 is 0. The number of carbonyl (C=O) groups excluding carboxylic acids is 1. The average Bonchev–Trinajstić information content (AvgIpc) is 2.94. The van der Waals surface area contributed by atoms with Crippen molar-refractivity contribution in [2.75, 3.05) is 69.6 Å². The minimum Gasteiger partial charge on any atom is -0.371 e. The zero-order chi connectivity index (χ0) is 26.6. The number of aromatic nitrogens is 2. The molecular formula is C29H44N8O. The van der Waals surface area contributed by atoms with Gasteiger partial charge in [-0.1, -0.05) is 6.92 Å². The first-order valence-electron chi connectivity index (χ1n) is 14.4. The standard InChI is InChI=1S/C29H44N8O/c1-4-24-26(21-7-11-31-12-8-21)34-29(27(33-24)28(30)38)32-22-5-6-25(20(2)19-22)37-13-9-23(10-14-37)36-17-15-35(3)16-18-36/h5-6,19,21,23,31H,4,7-18H2,1-3H3,(H2,30,38)(H,32,34). The molecule has 0 saturated carbocycles. The number of rotatable bonds is 7. The van der Waals surface area contributed by atoms with Crippen LogP contribution in [-0.2, 0) is 6.42 Å². The second-order valence-corrected chi connectivity index (χ2v) is 11.2. The highest BCUT2D eigenvalue weighted by Gasteiger charge is 2.28. The minimum absolute atomic E-state index is 0.215. The van der Waals surface area contributed by atoms with Gasteiger partial charge in [0.25, 0.3) is 5.91 Å². The number of benzene rings is 1. The molecule has 0 bridgehead atoms. The van der Waals surface area contributed by atoms with Gasteiger partial charge in [0.1, 0.15) is 0 Å². The minimum atomic E-state index is -0.553. The van der Waals surface area contributed by atoms with Crippen LogP contribution in [-0.4, -0.2) is 91.1 Å². The number of primary amides is 1. The summed E-state index contributed by atoms with van der Waals surface area (Å²) in [6.07, 6.45) is 5.20. The molecule has 4 heterocycles. The van der Waals surface area contributed by atoms with Gasteiger partial charge in [-0.3, -0.25) is 9.69 Å². The van der Waals surface area contributed by atoms with Gasteiger partial charge in [0, 0.05) is 62.6 Å². The van der Waals surface area contributed by atoms with Gasteiger partial charge in [-0.05, 0) is 82.9 Å². The van der Waals surface area contributed by atoms with E-state index in [2.05, 4.69) is 64.4 Å². The van der Waals surface area contributed by atoms with Gasteiger partial charge < -0.3 is 26.2 Å². The van der Waals surface area contributed by atoms with Crippen LogP contribution in [0.4, 0.5) is 17.2 Å². The molecule has 1 aromatic heterocycles. The zero-order valence-corrected chi connectivity index (χ0v) is 23.3. The van der Waals surface area contributed by atoms with Crippen molar-refractivity contribution in [2.24, 2.45) is 5.73 Å². The van der Waals surface area contributed by atoms with Gasteiger partial charge in [-0.15, -0.1) is 0 Å². The number of hydrogen-bond acceptors (Lipinski definition) is 8. The summed E-state index contributed by atoms with van der Waals surface area (Å²) in [5.74, 6) is 0.255. The number of nitrogens with one attached hydrogen (secondary N) is 2. The fourth-order valence-corrected chi connectivity index (χ4v) is 6.31. The van der Waals surface area contributed by atoms with Crippen LogP contribution in [0.1, 0.15) is 66.0 Å². The van der Waals surface area contributed by atoms with Crippen molar-refractivity contribution in [2.45, 2.75) is 57.9 Å². The molecule has 1 amide bonds. The summed E-state index contributed by atoms with van der Waals surface area (Å²) in [6.45, 7) is 13.1. The van der Waals surface area contributed by atoms with Gasteiger partial charge in [-0.2, -0.15) is 0 Å². The average molecular weight is 521 g/mol. The molecule has 9 heteroatoms. The predicted octanol–water partition coefficient (Wildman–Crippen LogP) is 2.87. The highest BCUT2D eigenvalue weighted by Crippen LogP contribution is 2.32. The highest BCUT2D eigenvalue weighted by molar-refractivity contribution is 5.96. The molecule has 0 aliphatic carbocycles. The lowest BCUT2D eigenvalue weighted by Crippen LogP contribution is -2.52. The summed E-state index contributed by atoms with van der Waals surface area (Å²) in [4.78, 5) is 29.6. The second kappa shape index (κ2) is 12.0. The number of nitrogens with two attached hydrogens (primary N) is 1. The number of likely N-dealkylation sites (N-methyl/N-ethyl adjacent to an activating group) is 1. The van der Waals surface area contributed by atoms with Crippen LogP contribution < -0.4 is 21.3 Å². The van der Waals surface area contributed by atoms with Crippen LogP contribution in [0.2, 0.25) is 0 Å². The molecule has 1 aromatic carbocycles. The monoisotopic (exact) mass is 520 g/mol. The number of anilines is 3. The molecule has 9 nitrogen and oxygen atoms in total. The van der Waals surface area contributed by atoms with Crippen molar-refractivity contribution in [3.05, 3.63) is 40.8 Å². The molecule has 0 radical (unpaired) electrons. The molecule has 0 atom stereocenters. The maximum atomic E-state index is 12.3.